The zero-order chi connectivity index (χ0) is 15.1. The molecule has 1 N–H and O–H groups in total. The Hall–Kier alpha value is -1.14. The van der Waals surface area contributed by atoms with Crippen LogP contribution in [0.3, 0.4) is 0 Å². The Morgan fingerprint density at radius 3 is 2.62 bits per heavy atom. The van der Waals surface area contributed by atoms with E-state index in [1.54, 1.807) is 7.11 Å². The number of nitrogens with zero attached hydrogens (tertiary/aromatic N) is 2. The van der Waals surface area contributed by atoms with Gasteiger partial charge in [-0.05, 0) is 13.1 Å². The summed E-state index contributed by atoms with van der Waals surface area (Å²) in [7, 11) is 3.78. The first kappa shape index (κ1) is 16.2. The van der Waals surface area contributed by atoms with Crippen molar-refractivity contribution in [3.05, 3.63) is 29.8 Å². The topological polar surface area (TPSA) is 45.2 Å². The second-order valence-corrected chi connectivity index (χ2v) is 5.58. The summed E-state index contributed by atoms with van der Waals surface area (Å²) >= 11 is 0. The predicted molar refractivity (Wildman–Crippen MR) is 82.6 cm³/mol. The van der Waals surface area contributed by atoms with Gasteiger partial charge >= 0.3 is 0 Å². The lowest BCUT2D eigenvalue weighted by atomic mass is 10.2. The van der Waals surface area contributed by atoms with E-state index in [4.69, 9.17) is 9.47 Å². The summed E-state index contributed by atoms with van der Waals surface area (Å²) in [5.74, 6) is 0.825. The van der Waals surface area contributed by atoms with Gasteiger partial charge < -0.3 is 19.5 Å². The third-order valence-corrected chi connectivity index (χ3v) is 3.83. The van der Waals surface area contributed by atoms with Crippen molar-refractivity contribution in [2.45, 2.75) is 12.7 Å². The number of hydrogen-bond acceptors (Lipinski definition) is 5. The molecule has 0 radical (unpaired) electrons. The summed E-state index contributed by atoms with van der Waals surface area (Å²) in [5, 5.41) is 10.1. The Morgan fingerprint density at radius 2 is 1.90 bits per heavy atom. The maximum atomic E-state index is 10.1. The number of para-hydroxylation sites is 1. The number of hydrogen-bond donors (Lipinski definition) is 1. The maximum Gasteiger partial charge on any atom is 0.124 e. The molecule has 1 fully saturated rings. The molecule has 1 aromatic rings. The maximum absolute atomic E-state index is 10.1. The number of aliphatic hydroxyl groups excluding tert-OH is 1. The second kappa shape index (κ2) is 8.34. The monoisotopic (exact) mass is 294 g/mol. The van der Waals surface area contributed by atoms with Crippen molar-refractivity contribution in [1.29, 1.82) is 0 Å². The molecule has 0 amide bonds. The summed E-state index contributed by atoms with van der Waals surface area (Å²) in [6.07, 6.45) is -0.442. The predicted octanol–water partition coefficient (Wildman–Crippen LogP) is 0.820. The molecule has 0 unspecified atom stereocenters. The van der Waals surface area contributed by atoms with Crippen molar-refractivity contribution >= 4 is 0 Å². The van der Waals surface area contributed by atoms with Crippen molar-refractivity contribution in [2.75, 3.05) is 53.5 Å². The smallest absolute Gasteiger partial charge is 0.124 e. The molecule has 1 aliphatic rings. The minimum atomic E-state index is -0.442. The van der Waals surface area contributed by atoms with Crippen LogP contribution in [0.5, 0.6) is 5.75 Å². The van der Waals surface area contributed by atoms with Gasteiger partial charge in [-0.25, -0.2) is 0 Å². The van der Waals surface area contributed by atoms with Gasteiger partial charge in [0, 0.05) is 38.3 Å². The summed E-state index contributed by atoms with van der Waals surface area (Å²) in [6.45, 7) is 5.65. The number of rotatable bonds is 7. The first-order chi connectivity index (χ1) is 10.2. The van der Waals surface area contributed by atoms with Crippen molar-refractivity contribution < 1.29 is 14.6 Å². The average Bonchev–Trinajstić information content (AvgIpc) is 2.50. The van der Waals surface area contributed by atoms with Crippen LogP contribution in [0.2, 0.25) is 0 Å². The van der Waals surface area contributed by atoms with E-state index in [2.05, 4.69) is 16.8 Å². The molecule has 0 spiro atoms. The normalized spacial score (nSPS) is 18.6. The first-order valence-electron chi connectivity index (χ1n) is 7.47. The molecule has 1 aliphatic heterocycles. The molecule has 1 saturated heterocycles. The number of piperazine rings is 1. The van der Waals surface area contributed by atoms with Crippen LogP contribution in [0, 0.1) is 0 Å². The molecule has 0 aromatic heterocycles. The van der Waals surface area contributed by atoms with Crippen molar-refractivity contribution in [3.8, 4) is 5.75 Å². The fraction of sp³-hybridized carbons (Fsp3) is 0.625. The van der Waals surface area contributed by atoms with E-state index in [1.165, 1.54) is 0 Å². The van der Waals surface area contributed by atoms with E-state index in [0.29, 0.717) is 19.8 Å². The summed E-state index contributed by atoms with van der Waals surface area (Å²) in [4.78, 5) is 4.60. The van der Waals surface area contributed by atoms with Gasteiger partial charge in [-0.1, -0.05) is 18.2 Å². The number of benzene rings is 1. The van der Waals surface area contributed by atoms with Crippen LogP contribution >= 0.6 is 0 Å². The van der Waals surface area contributed by atoms with E-state index in [-0.39, 0.29) is 0 Å². The van der Waals surface area contributed by atoms with Crippen LogP contribution in [-0.4, -0.2) is 74.5 Å². The highest BCUT2D eigenvalue weighted by Gasteiger charge is 2.17. The molecule has 5 nitrogen and oxygen atoms in total. The van der Waals surface area contributed by atoms with Gasteiger partial charge in [0.2, 0.25) is 0 Å². The van der Waals surface area contributed by atoms with E-state index >= 15 is 0 Å². The third kappa shape index (κ3) is 5.28. The Labute approximate surface area is 127 Å². The number of methoxy groups -OCH3 is 1. The van der Waals surface area contributed by atoms with Crippen LogP contribution in [-0.2, 0) is 11.3 Å². The quantitative estimate of drug-likeness (QED) is 0.807. The molecule has 1 atom stereocenters. The molecule has 21 heavy (non-hydrogen) atoms. The lowest BCUT2D eigenvalue weighted by molar-refractivity contribution is 0.00255. The summed E-state index contributed by atoms with van der Waals surface area (Å²) in [6, 6.07) is 7.79. The highest BCUT2D eigenvalue weighted by molar-refractivity contribution is 5.32. The Kier molecular flexibility index (Phi) is 6.45. The van der Waals surface area contributed by atoms with Crippen molar-refractivity contribution in [3.63, 3.8) is 0 Å². The van der Waals surface area contributed by atoms with Crippen LogP contribution in [0.25, 0.3) is 0 Å². The van der Waals surface area contributed by atoms with Crippen molar-refractivity contribution in [2.24, 2.45) is 0 Å². The lowest BCUT2D eigenvalue weighted by Crippen LogP contribution is -2.47. The summed E-state index contributed by atoms with van der Waals surface area (Å²) < 4.78 is 10.9. The van der Waals surface area contributed by atoms with E-state index < -0.39 is 6.10 Å². The number of ether oxygens (including phenoxy) is 2. The van der Waals surface area contributed by atoms with E-state index in [9.17, 15) is 5.11 Å². The van der Waals surface area contributed by atoms with Crippen molar-refractivity contribution in [1.82, 2.24) is 9.80 Å². The molecule has 118 valence electrons. The minimum Gasteiger partial charge on any atom is -0.496 e. The standard InChI is InChI=1S/C16H26N2O3/c1-17-7-9-18(10-8-17)11-15(19)13-21-12-14-5-3-4-6-16(14)20-2/h3-6,15,19H,7-13H2,1-2H3/t15-/m1/s1. The van der Waals surface area contributed by atoms with Crippen LogP contribution < -0.4 is 4.74 Å². The Balaban J connectivity index is 1.68. The SMILES string of the molecule is COc1ccccc1COC[C@H](O)CN1CCN(C)CC1. The zero-order valence-electron chi connectivity index (χ0n) is 13.0. The molecule has 1 aromatic carbocycles. The molecular formula is C16H26N2O3. The second-order valence-electron chi connectivity index (χ2n) is 5.58. The Bertz CT molecular complexity index is 420. The van der Waals surface area contributed by atoms with Crippen LogP contribution in [0.1, 0.15) is 5.56 Å². The molecule has 2 rings (SSSR count). The first-order valence-corrected chi connectivity index (χ1v) is 7.47. The summed E-state index contributed by atoms with van der Waals surface area (Å²) in [5.41, 5.74) is 1.01. The van der Waals surface area contributed by atoms with Gasteiger partial charge in [0.15, 0.2) is 0 Å². The molecule has 1 heterocycles. The van der Waals surface area contributed by atoms with Gasteiger partial charge in [0.1, 0.15) is 5.75 Å². The zero-order valence-corrected chi connectivity index (χ0v) is 13.0. The highest BCUT2D eigenvalue weighted by Crippen LogP contribution is 2.18. The van der Waals surface area contributed by atoms with Gasteiger partial charge in [0.05, 0.1) is 26.4 Å². The number of aliphatic hydroxyl groups is 1. The average molecular weight is 294 g/mol. The van der Waals surface area contributed by atoms with Gasteiger partial charge in [0.25, 0.3) is 0 Å². The molecule has 0 bridgehead atoms. The minimum absolute atomic E-state index is 0.352. The molecule has 0 aliphatic carbocycles. The van der Waals surface area contributed by atoms with Gasteiger partial charge in [-0.3, -0.25) is 4.90 Å². The van der Waals surface area contributed by atoms with Gasteiger partial charge in [-0.2, -0.15) is 0 Å². The van der Waals surface area contributed by atoms with E-state index in [1.807, 2.05) is 24.3 Å². The third-order valence-electron chi connectivity index (χ3n) is 3.83. The van der Waals surface area contributed by atoms with Gasteiger partial charge in [-0.15, -0.1) is 0 Å². The molecule has 5 heteroatoms. The largest absolute Gasteiger partial charge is 0.496 e. The fourth-order valence-corrected chi connectivity index (χ4v) is 2.51. The molecule has 0 saturated carbocycles. The van der Waals surface area contributed by atoms with E-state index in [0.717, 1.165) is 37.5 Å². The van der Waals surface area contributed by atoms with Crippen LogP contribution in [0.15, 0.2) is 24.3 Å². The number of β-amino-alcohol motifs (C(OH)–C–C–N with tert-alkyl or cyclic N) is 1. The highest BCUT2D eigenvalue weighted by atomic mass is 16.5. The Morgan fingerprint density at radius 1 is 1.19 bits per heavy atom. The fourth-order valence-electron chi connectivity index (χ4n) is 2.51. The molecular weight excluding hydrogens is 268 g/mol. The number of likely N-dealkylation sites (N-methyl/N-ethyl adjacent to an activating group) is 1. The van der Waals surface area contributed by atoms with Crippen LogP contribution in [0.4, 0.5) is 0 Å². The lowest BCUT2D eigenvalue weighted by Gasteiger charge is -2.33.